The van der Waals surface area contributed by atoms with Gasteiger partial charge < -0.3 is 5.11 Å². The summed E-state index contributed by atoms with van der Waals surface area (Å²) in [6, 6.07) is 6.00. The Kier molecular flexibility index (Phi) is 3.29. The molecule has 1 aromatic carbocycles. The minimum absolute atomic E-state index is 0.0917. The van der Waals surface area contributed by atoms with E-state index >= 15 is 0 Å². The van der Waals surface area contributed by atoms with Crippen molar-refractivity contribution in [3.05, 3.63) is 52.6 Å². The minimum atomic E-state index is -1.07. The quantitative estimate of drug-likeness (QED) is 0.913. The van der Waals surface area contributed by atoms with Crippen LogP contribution >= 0.6 is 0 Å². The number of carboxylic acid groups (broad SMARTS) is 1. The first-order valence-electron chi connectivity index (χ1n) is 5.47. The summed E-state index contributed by atoms with van der Waals surface area (Å²) in [4.78, 5) is 10.9. The fourth-order valence-electron chi connectivity index (χ4n) is 1.72. The summed E-state index contributed by atoms with van der Waals surface area (Å²) in [6.07, 6.45) is 1.24. The smallest absolute Gasteiger partial charge is 0.339 e. The Morgan fingerprint density at radius 3 is 2.84 bits per heavy atom. The fraction of sp³-hybridized carbons (Fsp3) is 0.154. The number of hydrogen-bond acceptors (Lipinski definition) is 3. The molecule has 1 aromatic heterocycles. The Hall–Kier alpha value is -2.68. The van der Waals surface area contributed by atoms with Crippen molar-refractivity contribution in [1.29, 1.82) is 5.26 Å². The highest BCUT2D eigenvalue weighted by atomic mass is 19.1. The molecule has 0 aliphatic rings. The van der Waals surface area contributed by atoms with E-state index in [0.29, 0.717) is 11.3 Å². The molecule has 0 atom stereocenters. The molecule has 0 radical (unpaired) electrons. The third kappa shape index (κ3) is 2.45. The van der Waals surface area contributed by atoms with Crippen molar-refractivity contribution in [1.82, 2.24) is 9.78 Å². The van der Waals surface area contributed by atoms with E-state index in [1.807, 2.05) is 6.07 Å². The number of benzene rings is 1. The van der Waals surface area contributed by atoms with Crippen molar-refractivity contribution in [2.24, 2.45) is 0 Å². The zero-order chi connectivity index (χ0) is 14.0. The second-order valence-corrected chi connectivity index (χ2v) is 4.02. The predicted molar refractivity (Wildman–Crippen MR) is 64.1 cm³/mol. The van der Waals surface area contributed by atoms with Crippen LogP contribution in [0.15, 0.2) is 24.4 Å². The predicted octanol–water partition coefficient (Wildman–Crippen LogP) is 1.95. The van der Waals surface area contributed by atoms with Crippen LogP contribution in [-0.4, -0.2) is 20.9 Å². The van der Waals surface area contributed by atoms with Crippen LogP contribution < -0.4 is 0 Å². The molecule has 5 nitrogen and oxygen atoms in total. The van der Waals surface area contributed by atoms with Gasteiger partial charge in [0.2, 0.25) is 0 Å². The van der Waals surface area contributed by atoms with E-state index in [1.54, 1.807) is 6.92 Å². The van der Waals surface area contributed by atoms with Crippen molar-refractivity contribution in [3.63, 3.8) is 0 Å². The average Bonchev–Trinajstić information content (AvgIpc) is 2.73. The number of aromatic carboxylic acids is 1. The molecule has 0 saturated heterocycles. The minimum Gasteiger partial charge on any atom is -0.478 e. The van der Waals surface area contributed by atoms with Crippen LogP contribution in [0.25, 0.3) is 0 Å². The Morgan fingerprint density at radius 1 is 1.58 bits per heavy atom. The Balaban J connectivity index is 2.32. The molecule has 0 saturated carbocycles. The molecule has 0 fully saturated rings. The molecule has 0 aliphatic carbocycles. The van der Waals surface area contributed by atoms with Gasteiger partial charge in [0.1, 0.15) is 11.4 Å². The van der Waals surface area contributed by atoms with Crippen LogP contribution in [0.2, 0.25) is 0 Å². The Morgan fingerprint density at radius 2 is 2.32 bits per heavy atom. The second kappa shape index (κ2) is 4.90. The van der Waals surface area contributed by atoms with E-state index < -0.39 is 11.8 Å². The lowest BCUT2D eigenvalue weighted by molar-refractivity contribution is 0.0696. The van der Waals surface area contributed by atoms with Crippen LogP contribution in [0.4, 0.5) is 4.39 Å². The molecule has 2 aromatic rings. The molecule has 0 bridgehead atoms. The number of hydrogen-bond donors (Lipinski definition) is 1. The van der Waals surface area contributed by atoms with Crippen LogP contribution in [0.3, 0.4) is 0 Å². The first-order valence-corrected chi connectivity index (χ1v) is 5.47. The molecular weight excluding hydrogens is 249 g/mol. The largest absolute Gasteiger partial charge is 0.478 e. The molecule has 6 heteroatoms. The number of nitrogens with zero attached hydrogens (tertiary/aromatic N) is 3. The van der Waals surface area contributed by atoms with E-state index in [2.05, 4.69) is 5.10 Å². The molecule has 0 amide bonds. The van der Waals surface area contributed by atoms with Crippen molar-refractivity contribution in [2.45, 2.75) is 13.5 Å². The van der Waals surface area contributed by atoms with E-state index in [9.17, 15) is 9.18 Å². The monoisotopic (exact) mass is 259 g/mol. The van der Waals surface area contributed by atoms with Gasteiger partial charge in [0.15, 0.2) is 0 Å². The van der Waals surface area contributed by atoms with Gasteiger partial charge in [-0.3, -0.25) is 4.68 Å². The van der Waals surface area contributed by atoms with Crippen LogP contribution in [0.5, 0.6) is 0 Å². The lowest BCUT2D eigenvalue weighted by Crippen LogP contribution is -2.07. The zero-order valence-corrected chi connectivity index (χ0v) is 10.1. The number of halogens is 1. The molecule has 0 unspecified atom stereocenters. The maximum Gasteiger partial charge on any atom is 0.339 e. The van der Waals surface area contributed by atoms with Gasteiger partial charge in [-0.2, -0.15) is 10.4 Å². The van der Waals surface area contributed by atoms with Crippen molar-refractivity contribution in [3.8, 4) is 6.07 Å². The van der Waals surface area contributed by atoms with Crippen molar-refractivity contribution in [2.75, 3.05) is 0 Å². The number of nitriles is 1. The normalized spacial score (nSPS) is 10.2. The highest BCUT2D eigenvalue weighted by Crippen LogP contribution is 2.14. The van der Waals surface area contributed by atoms with Crippen LogP contribution in [-0.2, 0) is 6.54 Å². The SMILES string of the molecule is Cc1c(C(=O)O)cnn1Cc1ccc(C#N)cc1F. The highest BCUT2D eigenvalue weighted by molar-refractivity contribution is 5.88. The van der Waals surface area contributed by atoms with Gasteiger partial charge in [0, 0.05) is 5.56 Å². The number of rotatable bonds is 3. The molecule has 2 rings (SSSR count). The summed E-state index contributed by atoms with van der Waals surface area (Å²) in [5, 5.41) is 21.5. The van der Waals surface area contributed by atoms with Gasteiger partial charge >= 0.3 is 5.97 Å². The third-order valence-electron chi connectivity index (χ3n) is 2.84. The van der Waals surface area contributed by atoms with Gasteiger partial charge in [-0.1, -0.05) is 6.07 Å². The summed E-state index contributed by atoms with van der Waals surface area (Å²) in [6.45, 7) is 1.73. The molecule has 19 heavy (non-hydrogen) atoms. The summed E-state index contributed by atoms with van der Waals surface area (Å²) < 4.78 is 15.1. The Labute approximate surface area is 108 Å². The molecule has 0 aliphatic heterocycles. The van der Waals surface area contributed by atoms with Crippen molar-refractivity contribution < 1.29 is 14.3 Å². The summed E-state index contributed by atoms with van der Waals surface area (Å²) in [5.74, 6) is -1.57. The van der Waals surface area contributed by atoms with Crippen LogP contribution in [0.1, 0.15) is 27.2 Å². The molecular formula is C13H10FN3O2. The van der Waals surface area contributed by atoms with Crippen LogP contribution in [0, 0.1) is 24.1 Å². The van der Waals surface area contributed by atoms with Gasteiger partial charge in [0.05, 0.1) is 30.1 Å². The molecule has 1 N–H and O–H groups in total. The molecule has 96 valence electrons. The first-order chi connectivity index (χ1) is 9.02. The van der Waals surface area contributed by atoms with Gasteiger partial charge in [-0.15, -0.1) is 0 Å². The van der Waals surface area contributed by atoms with E-state index in [1.165, 1.54) is 23.0 Å². The van der Waals surface area contributed by atoms with E-state index in [-0.39, 0.29) is 17.7 Å². The summed E-state index contributed by atoms with van der Waals surface area (Å²) in [5.41, 5.74) is 1.14. The lowest BCUT2D eigenvalue weighted by Gasteiger charge is -2.06. The first kappa shape index (κ1) is 12.8. The Bertz CT molecular complexity index is 686. The maximum absolute atomic E-state index is 13.7. The zero-order valence-electron chi connectivity index (χ0n) is 10.1. The number of carbonyl (C=O) groups is 1. The lowest BCUT2D eigenvalue weighted by atomic mass is 10.1. The number of carboxylic acids is 1. The van der Waals surface area contributed by atoms with E-state index in [0.717, 1.165) is 6.07 Å². The maximum atomic E-state index is 13.7. The summed E-state index contributed by atoms with van der Waals surface area (Å²) >= 11 is 0. The second-order valence-electron chi connectivity index (χ2n) is 4.02. The van der Waals surface area contributed by atoms with E-state index in [4.69, 9.17) is 10.4 Å². The van der Waals surface area contributed by atoms with Gasteiger partial charge in [-0.05, 0) is 19.1 Å². The molecule has 0 spiro atoms. The van der Waals surface area contributed by atoms with Gasteiger partial charge in [-0.25, -0.2) is 9.18 Å². The topological polar surface area (TPSA) is 78.9 Å². The number of aromatic nitrogens is 2. The standard InChI is InChI=1S/C13H10FN3O2/c1-8-11(13(18)19)6-16-17(8)7-10-3-2-9(5-15)4-12(10)14/h2-4,6H,7H2,1H3,(H,18,19). The highest BCUT2D eigenvalue weighted by Gasteiger charge is 2.14. The van der Waals surface area contributed by atoms with Crippen molar-refractivity contribution >= 4 is 5.97 Å². The van der Waals surface area contributed by atoms with Gasteiger partial charge in [0.25, 0.3) is 0 Å². The fourth-order valence-corrected chi connectivity index (χ4v) is 1.72. The molecule has 1 heterocycles. The average molecular weight is 259 g/mol. The summed E-state index contributed by atoms with van der Waals surface area (Å²) in [7, 11) is 0. The third-order valence-corrected chi connectivity index (χ3v) is 2.84.